The highest BCUT2D eigenvalue weighted by atomic mass is 16.5. The molecule has 0 bridgehead atoms. The maximum atomic E-state index is 4.97. The average molecular weight is 214 g/mol. The molecular weight excluding hydrogens is 188 g/mol. The Balaban J connectivity index is 1.93. The van der Waals surface area contributed by atoms with Gasteiger partial charge in [-0.2, -0.15) is 0 Å². The second-order valence-corrected chi connectivity index (χ2v) is 5.39. The molecule has 1 fully saturated rings. The third-order valence-corrected chi connectivity index (χ3v) is 3.40. The Labute approximate surface area is 94.2 Å². The number of hydrogen-bond donors (Lipinski definition) is 1. The fourth-order valence-corrected chi connectivity index (χ4v) is 1.92. The van der Waals surface area contributed by atoms with Gasteiger partial charge in [-0.1, -0.05) is 13.8 Å². The number of methoxy groups -OCH3 is 1. The Morgan fingerprint density at radius 2 is 2.07 bits per heavy atom. The highest BCUT2D eigenvalue weighted by molar-refractivity contribution is 4.96. The van der Waals surface area contributed by atoms with Crippen LogP contribution in [0.2, 0.25) is 0 Å². The summed E-state index contributed by atoms with van der Waals surface area (Å²) in [5, 5.41) is 3.36. The van der Waals surface area contributed by atoms with Gasteiger partial charge >= 0.3 is 0 Å². The predicted molar refractivity (Wildman–Crippen MR) is 64.1 cm³/mol. The van der Waals surface area contributed by atoms with Crippen LogP contribution in [-0.2, 0) is 4.74 Å². The number of rotatable bonds is 8. The van der Waals surface area contributed by atoms with Crippen molar-refractivity contribution in [3.63, 3.8) is 0 Å². The summed E-state index contributed by atoms with van der Waals surface area (Å²) in [6.07, 6.45) is 1.40. The van der Waals surface area contributed by atoms with Crippen molar-refractivity contribution in [1.82, 2.24) is 10.2 Å². The van der Waals surface area contributed by atoms with E-state index in [0.29, 0.717) is 5.41 Å². The first kappa shape index (κ1) is 12.9. The molecule has 90 valence electrons. The molecule has 1 aliphatic carbocycles. The van der Waals surface area contributed by atoms with Gasteiger partial charge in [0, 0.05) is 33.3 Å². The summed E-state index contributed by atoms with van der Waals surface area (Å²) in [4.78, 5) is 2.43. The molecule has 1 rings (SSSR count). The van der Waals surface area contributed by atoms with Crippen molar-refractivity contribution < 1.29 is 4.74 Å². The largest absolute Gasteiger partial charge is 0.383 e. The number of hydrogen-bond acceptors (Lipinski definition) is 3. The first-order chi connectivity index (χ1) is 7.06. The van der Waals surface area contributed by atoms with Crippen LogP contribution in [0.5, 0.6) is 0 Å². The summed E-state index contributed by atoms with van der Waals surface area (Å²) in [6, 6.07) is 0. The van der Waals surface area contributed by atoms with Gasteiger partial charge in [0.25, 0.3) is 0 Å². The van der Waals surface area contributed by atoms with Crippen LogP contribution in [0.25, 0.3) is 0 Å². The van der Waals surface area contributed by atoms with Crippen LogP contribution in [0, 0.1) is 11.3 Å². The molecule has 3 heteroatoms. The van der Waals surface area contributed by atoms with E-state index in [0.717, 1.165) is 32.2 Å². The lowest BCUT2D eigenvalue weighted by Gasteiger charge is -2.17. The van der Waals surface area contributed by atoms with Gasteiger partial charge in [-0.05, 0) is 24.8 Å². The standard InChI is InChI=1S/C12H26N2O/c1-12(2)9-11(12)10-14(3)7-5-13-6-8-15-4/h11,13H,5-10H2,1-4H3. The zero-order valence-electron chi connectivity index (χ0n) is 10.7. The minimum absolute atomic E-state index is 0.609. The molecule has 1 N–H and O–H groups in total. The Morgan fingerprint density at radius 3 is 2.60 bits per heavy atom. The van der Waals surface area contributed by atoms with E-state index in [4.69, 9.17) is 4.74 Å². The van der Waals surface area contributed by atoms with Gasteiger partial charge in [0.1, 0.15) is 0 Å². The Kier molecular flexibility index (Phi) is 5.03. The van der Waals surface area contributed by atoms with Gasteiger partial charge in [0.15, 0.2) is 0 Å². The van der Waals surface area contributed by atoms with E-state index < -0.39 is 0 Å². The maximum Gasteiger partial charge on any atom is 0.0587 e. The smallest absolute Gasteiger partial charge is 0.0587 e. The normalized spacial score (nSPS) is 23.4. The zero-order chi connectivity index (χ0) is 11.3. The van der Waals surface area contributed by atoms with E-state index in [9.17, 15) is 0 Å². The minimum atomic E-state index is 0.609. The van der Waals surface area contributed by atoms with Crippen molar-refractivity contribution in [2.45, 2.75) is 20.3 Å². The van der Waals surface area contributed by atoms with Crippen molar-refractivity contribution >= 4 is 0 Å². The monoisotopic (exact) mass is 214 g/mol. The highest BCUT2D eigenvalue weighted by Crippen LogP contribution is 2.51. The third-order valence-electron chi connectivity index (χ3n) is 3.40. The molecule has 0 radical (unpaired) electrons. The van der Waals surface area contributed by atoms with Crippen molar-refractivity contribution in [3.05, 3.63) is 0 Å². The molecule has 0 aromatic heterocycles. The van der Waals surface area contributed by atoms with Gasteiger partial charge in [-0.3, -0.25) is 0 Å². The SMILES string of the molecule is COCCNCCN(C)CC1CC1(C)C. The fourth-order valence-electron chi connectivity index (χ4n) is 1.92. The van der Waals surface area contributed by atoms with E-state index >= 15 is 0 Å². The summed E-state index contributed by atoms with van der Waals surface area (Å²) >= 11 is 0. The lowest BCUT2D eigenvalue weighted by Crippen LogP contribution is -2.32. The van der Waals surface area contributed by atoms with Crippen molar-refractivity contribution in [2.75, 3.05) is 46.9 Å². The average Bonchev–Trinajstić information content (AvgIpc) is 2.73. The topological polar surface area (TPSA) is 24.5 Å². The molecule has 0 spiro atoms. The molecular formula is C12H26N2O. The van der Waals surface area contributed by atoms with Gasteiger partial charge in [0.2, 0.25) is 0 Å². The van der Waals surface area contributed by atoms with Crippen LogP contribution in [0.4, 0.5) is 0 Å². The van der Waals surface area contributed by atoms with Crippen LogP contribution in [0.15, 0.2) is 0 Å². The molecule has 0 heterocycles. The predicted octanol–water partition coefficient (Wildman–Crippen LogP) is 1.20. The van der Waals surface area contributed by atoms with Crippen LogP contribution in [0.1, 0.15) is 20.3 Å². The number of nitrogens with zero attached hydrogens (tertiary/aromatic N) is 1. The molecule has 3 nitrogen and oxygen atoms in total. The Morgan fingerprint density at radius 1 is 1.40 bits per heavy atom. The molecule has 1 unspecified atom stereocenters. The van der Waals surface area contributed by atoms with Gasteiger partial charge < -0.3 is 15.0 Å². The molecule has 0 amide bonds. The van der Waals surface area contributed by atoms with E-state index in [1.165, 1.54) is 13.0 Å². The first-order valence-electron chi connectivity index (χ1n) is 5.94. The molecule has 1 saturated carbocycles. The van der Waals surface area contributed by atoms with E-state index in [-0.39, 0.29) is 0 Å². The van der Waals surface area contributed by atoms with Crippen molar-refractivity contribution in [1.29, 1.82) is 0 Å². The molecule has 0 aromatic rings. The molecule has 15 heavy (non-hydrogen) atoms. The molecule has 1 atom stereocenters. The third kappa shape index (κ3) is 4.96. The van der Waals surface area contributed by atoms with Crippen LogP contribution >= 0.6 is 0 Å². The Bertz CT molecular complexity index is 182. The first-order valence-corrected chi connectivity index (χ1v) is 5.94. The number of ether oxygens (including phenoxy) is 1. The van der Waals surface area contributed by atoms with Crippen molar-refractivity contribution in [2.24, 2.45) is 11.3 Å². The van der Waals surface area contributed by atoms with Gasteiger partial charge in [0.05, 0.1) is 6.61 Å². The molecule has 0 saturated heterocycles. The quantitative estimate of drug-likeness (QED) is 0.615. The molecule has 0 aromatic carbocycles. The Hall–Kier alpha value is -0.120. The summed E-state index contributed by atoms with van der Waals surface area (Å²) < 4.78 is 4.97. The highest BCUT2D eigenvalue weighted by Gasteiger charge is 2.45. The van der Waals surface area contributed by atoms with Crippen molar-refractivity contribution in [3.8, 4) is 0 Å². The van der Waals surface area contributed by atoms with E-state index in [1.54, 1.807) is 7.11 Å². The lowest BCUT2D eigenvalue weighted by atomic mass is 10.1. The molecule has 1 aliphatic rings. The van der Waals surface area contributed by atoms with Gasteiger partial charge in [-0.15, -0.1) is 0 Å². The summed E-state index contributed by atoms with van der Waals surface area (Å²) in [5.41, 5.74) is 0.609. The summed E-state index contributed by atoms with van der Waals surface area (Å²) in [5.74, 6) is 0.918. The number of likely N-dealkylation sites (N-methyl/N-ethyl adjacent to an activating group) is 1. The number of nitrogens with one attached hydrogen (secondary N) is 1. The zero-order valence-corrected chi connectivity index (χ0v) is 10.7. The summed E-state index contributed by atoms with van der Waals surface area (Å²) in [6.45, 7) is 9.94. The summed E-state index contributed by atoms with van der Waals surface area (Å²) in [7, 11) is 3.95. The van der Waals surface area contributed by atoms with E-state index in [2.05, 4.69) is 31.1 Å². The van der Waals surface area contributed by atoms with E-state index in [1.807, 2.05) is 0 Å². The minimum Gasteiger partial charge on any atom is -0.383 e. The van der Waals surface area contributed by atoms with Gasteiger partial charge in [-0.25, -0.2) is 0 Å². The second-order valence-electron chi connectivity index (χ2n) is 5.39. The second kappa shape index (κ2) is 5.83. The molecule has 0 aliphatic heterocycles. The van der Waals surface area contributed by atoms with Crippen LogP contribution < -0.4 is 5.32 Å². The lowest BCUT2D eigenvalue weighted by molar-refractivity contribution is 0.197. The van der Waals surface area contributed by atoms with Crippen LogP contribution in [0.3, 0.4) is 0 Å². The fraction of sp³-hybridized carbons (Fsp3) is 1.00. The maximum absolute atomic E-state index is 4.97. The van der Waals surface area contributed by atoms with Crippen LogP contribution in [-0.4, -0.2) is 51.8 Å².